The highest BCUT2D eigenvalue weighted by molar-refractivity contribution is 4.77. The van der Waals surface area contributed by atoms with E-state index in [1.54, 1.807) is 0 Å². The summed E-state index contributed by atoms with van der Waals surface area (Å²) in [6.45, 7) is -5.08. The Kier molecular flexibility index (Phi) is 18.2. The molecule has 1 aliphatic heterocycles. The van der Waals surface area contributed by atoms with Gasteiger partial charge in [0.2, 0.25) is 0 Å². The van der Waals surface area contributed by atoms with Crippen molar-refractivity contribution in [1.82, 2.24) is 0 Å². The molecule has 3 N–H and O–H groups in total. The number of alkyl halides is 5. The van der Waals surface area contributed by atoms with Gasteiger partial charge in [-0.3, -0.25) is 9.47 Å². The van der Waals surface area contributed by atoms with Gasteiger partial charge in [-0.2, -0.15) is 4.94 Å². The lowest BCUT2D eigenvalue weighted by atomic mass is 10.1. The average Bonchev–Trinajstić information content (AvgIpc) is 2.66. The largest absolute Gasteiger partial charge is 0.489 e. The molecule has 0 spiro atoms. The molecule has 0 amide bonds. The Morgan fingerprint density at radius 3 is 2.04 bits per heavy atom. The fourth-order valence-corrected chi connectivity index (χ4v) is 1.07. The lowest BCUT2D eigenvalue weighted by Crippen LogP contribution is -2.45. The molecule has 1 saturated heterocycles. The van der Waals surface area contributed by atoms with Crippen LogP contribution in [-0.2, 0) is 28.6 Å². The van der Waals surface area contributed by atoms with Crippen molar-refractivity contribution in [2.75, 3.05) is 60.4 Å². The first-order chi connectivity index (χ1) is 12.7. The zero-order valence-corrected chi connectivity index (χ0v) is 14.0. The third-order valence-corrected chi connectivity index (χ3v) is 2.25. The number of hydrogen-bond donors (Lipinski definition) is 3. The van der Waals surface area contributed by atoms with Crippen LogP contribution in [0, 0.1) is 0 Å². The summed E-state index contributed by atoms with van der Waals surface area (Å²) in [4.78, 5) is 2.62. The molecule has 1 fully saturated rings. The van der Waals surface area contributed by atoms with Crippen molar-refractivity contribution in [3.63, 3.8) is 0 Å². The SMILES string of the molecule is FCOC(F)(F)OCOF.OC1(CF)COCOC1.OCC(O)COCF. The summed E-state index contributed by atoms with van der Waals surface area (Å²) in [5.41, 5.74) is -1.39. The quantitative estimate of drug-likeness (QED) is 0.337. The predicted molar refractivity (Wildman–Crippen MR) is 72.9 cm³/mol. The van der Waals surface area contributed by atoms with E-state index in [0.717, 1.165) is 0 Å². The summed E-state index contributed by atoms with van der Waals surface area (Å²) >= 11 is 0. The van der Waals surface area contributed by atoms with Crippen LogP contribution in [0.15, 0.2) is 0 Å². The molecule has 0 saturated carbocycles. The van der Waals surface area contributed by atoms with Crippen LogP contribution in [0.4, 0.5) is 26.5 Å². The summed E-state index contributed by atoms with van der Waals surface area (Å²) in [5, 5.41) is 25.6. The van der Waals surface area contributed by atoms with Gasteiger partial charge in [-0.25, -0.2) is 13.2 Å². The molecule has 9 nitrogen and oxygen atoms in total. The summed E-state index contributed by atoms with van der Waals surface area (Å²) in [6.07, 6.45) is -5.09. The Hall–Kier alpha value is -0.780. The first-order valence-electron chi connectivity index (χ1n) is 7.02. The predicted octanol–water partition coefficient (Wildman–Crippen LogP) is 0.330. The molecule has 1 atom stereocenters. The molecular weight excluding hydrogens is 402 g/mol. The smallest absolute Gasteiger partial charge is 0.394 e. The van der Waals surface area contributed by atoms with E-state index in [0.29, 0.717) is 0 Å². The standard InChI is InChI=1S/C5H9FO3.C4H9FO3.C3H4F4O3/c6-1-5(7)2-8-4-9-3-5;5-3-8-2-4(7)1-6;4-1-8-3(5,6)9-2-10-7/h7H,1-4H2;4,6-7H,1-3H2;1-2H2. The highest BCUT2D eigenvalue weighted by Crippen LogP contribution is 2.16. The minimum absolute atomic E-state index is 0.0312. The van der Waals surface area contributed by atoms with Gasteiger partial charge in [0.25, 0.3) is 0 Å². The molecule has 1 rings (SSSR count). The zero-order chi connectivity index (χ0) is 21.2. The van der Waals surface area contributed by atoms with Crippen LogP contribution in [0.25, 0.3) is 0 Å². The molecule has 0 aromatic carbocycles. The molecule has 0 aromatic rings. The Balaban J connectivity index is 0. The van der Waals surface area contributed by atoms with Crippen LogP contribution >= 0.6 is 0 Å². The van der Waals surface area contributed by atoms with Crippen LogP contribution in [0.5, 0.6) is 0 Å². The zero-order valence-electron chi connectivity index (χ0n) is 14.0. The molecule has 166 valence electrons. The van der Waals surface area contributed by atoms with Crippen molar-refractivity contribution in [2.45, 2.75) is 18.0 Å². The molecule has 0 bridgehead atoms. The average molecular weight is 424 g/mol. The van der Waals surface area contributed by atoms with Crippen molar-refractivity contribution in [3.05, 3.63) is 0 Å². The first-order valence-corrected chi connectivity index (χ1v) is 7.02. The minimum Gasteiger partial charge on any atom is -0.394 e. The first kappa shape index (κ1) is 28.4. The van der Waals surface area contributed by atoms with Crippen LogP contribution in [0.2, 0.25) is 0 Å². The Bertz CT molecular complexity index is 324. The highest BCUT2D eigenvalue weighted by atomic mass is 19.3. The van der Waals surface area contributed by atoms with Crippen LogP contribution in [0.1, 0.15) is 0 Å². The fraction of sp³-hybridized carbons (Fsp3) is 1.00. The van der Waals surface area contributed by atoms with Gasteiger partial charge in [0.15, 0.2) is 20.5 Å². The summed E-state index contributed by atoms with van der Waals surface area (Å²) in [5.74, 6) is 0. The maximum atomic E-state index is 11.9. The number of halogens is 6. The monoisotopic (exact) mass is 424 g/mol. The van der Waals surface area contributed by atoms with Gasteiger partial charge in [-0.1, -0.05) is 0 Å². The summed E-state index contributed by atoms with van der Waals surface area (Å²) in [6, 6.07) is 0. The molecule has 0 radical (unpaired) electrons. The number of aliphatic hydroxyl groups is 3. The van der Waals surface area contributed by atoms with Crippen molar-refractivity contribution in [3.8, 4) is 0 Å². The lowest BCUT2D eigenvalue weighted by molar-refractivity contribution is -0.431. The van der Waals surface area contributed by atoms with E-state index in [9.17, 15) is 26.5 Å². The second-order valence-electron chi connectivity index (χ2n) is 4.58. The minimum atomic E-state index is -4.14. The fourth-order valence-electron chi connectivity index (χ4n) is 1.07. The van der Waals surface area contributed by atoms with Crippen molar-refractivity contribution < 1.29 is 70.4 Å². The third kappa shape index (κ3) is 18.4. The van der Waals surface area contributed by atoms with E-state index in [2.05, 4.69) is 28.6 Å². The second-order valence-corrected chi connectivity index (χ2v) is 4.58. The summed E-state index contributed by atoms with van der Waals surface area (Å²) < 4.78 is 87.7. The maximum Gasteiger partial charge on any atom is 0.489 e. The summed E-state index contributed by atoms with van der Waals surface area (Å²) in [7, 11) is 0. The van der Waals surface area contributed by atoms with E-state index < -0.39 is 45.2 Å². The van der Waals surface area contributed by atoms with E-state index in [1.807, 2.05) is 0 Å². The molecule has 1 aliphatic rings. The van der Waals surface area contributed by atoms with E-state index >= 15 is 0 Å². The van der Waals surface area contributed by atoms with E-state index in [4.69, 9.17) is 15.3 Å². The normalized spacial score (nSPS) is 17.2. The number of aliphatic hydroxyl groups excluding tert-OH is 2. The molecule has 0 aliphatic carbocycles. The highest BCUT2D eigenvalue weighted by Gasteiger charge is 2.32. The lowest BCUT2D eigenvalue weighted by Gasteiger charge is -2.28. The third-order valence-electron chi connectivity index (χ3n) is 2.25. The number of rotatable bonds is 10. The molecule has 15 heteroatoms. The van der Waals surface area contributed by atoms with E-state index in [-0.39, 0.29) is 33.2 Å². The Morgan fingerprint density at radius 1 is 1.07 bits per heavy atom. The topological polar surface area (TPSA) is 116 Å². The number of ether oxygens (including phenoxy) is 5. The van der Waals surface area contributed by atoms with Crippen molar-refractivity contribution in [1.29, 1.82) is 0 Å². The molecule has 0 aromatic heterocycles. The van der Waals surface area contributed by atoms with Gasteiger partial charge in [0.05, 0.1) is 26.4 Å². The number of hydrogen-bond acceptors (Lipinski definition) is 9. The van der Waals surface area contributed by atoms with Gasteiger partial charge in [-0.15, -0.1) is 8.78 Å². The van der Waals surface area contributed by atoms with Gasteiger partial charge in [0, 0.05) is 0 Å². The molecular formula is C12H22F6O9. The molecule has 1 unspecified atom stereocenters. The van der Waals surface area contributed by atoms with Crippen molar-refractivity contribution in [2.24, 2.45) is 0 Å². The van der Waals surface area contributed by atoms with Crippen LogP contribution in [-0.4, -0.2) is 93.7 Å². The van der Waals surface area contributed by atoms with Crippen LogP contribution in [0.3, 0.4) is 0 Å². The molecule has 1 heterocycles. The van der Waals surface area contributed by atoms with Crippen LogP contribution < -0.4 is 0 Å². The van der Waals surface area contributed by atoms with E-state index in [1.165, 1.54) is 0 Å². The maximum absolute atomic E-state index is 11.9. The van der Waals surface area contributed by atoms with Gasteiger partial charge in [-0.05, 0) is 4.53 Å². The van der Waals surface area contributed by atoms with Crippen molar-refractivity contribution >= 4 is 0 Å². The van der Waals surface area contributed by atoms with Gasteiger partial charge >= 0.3 is 6.29 Å². The Morgan fingerprint density at radius 2 is 1.67 bits per heavy atom. The van der Waals surface area contributed by atoms with Gasteiger partial charge in [0.1, 0.15) is 25.2 Å². The Labute approximate surface area is 150 Å². The molecule has 27 heavy (non-hydrogen) atoms. The van der Waals surface area contributed by atoms with Gasteiger partial charge < -0.3 is 29.5 Å². The second kappa shape index (κ2) is 17.3.